The smallest absolute Gasteiger partial charge is 0.404 e. The van der Waals surface area contributed by atoms with E-state index in [2.05, 4.69) is 15.0 Å². The van der Waals surface area contributed by atoms with Crippen LogP contribution in [0.4, 0.5) is 0 Å². The van der Waals surface area contributed by atoms with Gasteiger partial charge in [0, 0.05) is 7.11 Å². The van der Waals surface area contributed by atoms with Crippen molar-refractivity contribution in [3.63, 3.8) is 0 Å². The second-order valence-corrected chi connectivity index (χ2v) is 7.94. The maximum Gasteiger partial charge on any atom is 0.404 e. The zero-order valence-electron chi connectivity index (χ0n) is 14.6. The van der Waals surface area contributed by atoms with E-state index >= 15 is 0 Å². The predicted octanol–water partition coefficient (Wildman–Crippen LogP) is 1.71. The summed E-state index contributed by atoms with van der Waals surface area (Å²) in [6.07, 6.45) is 2.26. The number of ether oxygens (including phenoxy) is 1. The molecule has 0 spiro atoms. The lowest BCUT2D eigenvalue weighted by Crippen LogP contribution is -2.45. The molecule has 3 rings (SSSR count). The third kappa shape index (κ3) is 4.37. The number of aliphatic imine (C=N–C) groups is 3. The quantitative estimate of drug-likeness (QED) is 0.688. The maximum absolute atomic E-state index is 12.7. The molecule has 1 aromatic rings. The summed E-state index contributed by atoms with van der Waals surface area (Å²) in [5, 5.41) is 0. The van der Waals surface area contributed by atoms with Crippen molar-refractivity contribution in [2.45, 2.75) is 25.2 Å². The van der Waals surface area contributed by atoms with E-state index in [1.807, 2.05) is 17.9 Å². The van der Waals surface area contributed by atoms with E-state index in [0.717, 1.165) is 5.84 Å². The first-order valence-corrected chi connectivity index (χ1v) is 9.89. The lowest BCUT2D eigenvalue weighted by atomic mass is 10.2. The van der Waals surface area contributed by atoms with Crippen LogP contribution in [0.3, 0.4) is 0 Å². The van der Waals surface area contributed by atoms with E-state index in [0.29, 0.717) is 12.3 Å². The maximum atomic E-state index is 12.7. The lowest BCUT2D eigenvalue weighted by molar-refractivity contribution is 0.0798. The minimum atomic E-state index is -3.41. The first-order valence-electron chi connectivity index (χ1n) is 8.16. The third-order valence-electron chi connectivity index (χ3n) is 3.91. The van der Waals surface area contributed by atoms with Gasteiger partial charge in [-0.1, -0.05) is 18.2 Å². The monoisotopic (exact) mass is 379 g/mol. The van der Waals surface area contributed by atoms with E-state index in [1.165, 1.54) is 13.4 Å². The van der Waals surface area contributed by atoms with Gasteiger partial charge in [-0.3, -0.25) is 9.98 Å². The average molecular weight is 379 g/mol. The van der Waals surface area contributed by atoms with Gasteiger partial charge in [-0.2, -0.15) is 0 Å². The Morgan fingerprint density at radius 1 is 1.31 bits per heavy atom. The highest BCUT2D eigenvalue weighted by atomic mass is 31.2. The average Bonchev–Trinajstić information content (AvgIpc) is 3.05. The number of rotatable bonds is 8. The molecule has 2 aliphatic heterocycles. The van der Waals surface area contributed by atoms with Crippen LogP contribution in [0.5, 0.6) is 5.75 Å². The Hall–Kier alpha value is -2.06. The molecule has 0 aliphatic carbocycles. The van der Waals surface area contributed by atoms with E-state index in [-0.39, 0.29) is 18.5 Å². The Kier molecular flexibility index (Phi) is 5.83. The first kappa shape index (κ1) is 18.7. The van der Waals surface area contributed by atoms with Crippen molar-refractivity contribution in [2.24, 2.45) is 20.7 Å². The third-order valence-corrected chi connectivity index (χ3v) is 5.43. The normalized spacial score (nSPS) is 24.7. The van der Waals surface area contributed by atoms with E-state index in [4.69, 9.17) is 19.5 Å². The number of fused-ring (bicyclic) bond motifs is 1. The topological polar surface area (TPSA) is 111 Å². The van der Waals surface area contributed by atoms with Crippen molar-refractivity contribution in [2.75, 3.05) is 20.0 Å². The highest BCUT2D eigenvalue weighted by molar-refractivity contribution is 7.54. The van der Waals surface area contributed by atoms with Crippen LogP contribution in [0.2, 0.25) is 0 Å². The molecular weight excluding hydrogens is 357 g/mol. The summed E-state index contributed by atoms with van der Waals surface area (Å²) in [6.45, 7) is 2.34. The molecule has 26 heavy (non-hydrogen) atoms. The summed E-state index contributed by atoms with van der Waals surface area (Å²) in [7, 11) is -2.07. The molecule has 140 valence electrons. The van der Waals surface area contributed by atoms with Crippen molar-refractivity contribution in [3.8, 4) is 5.75 Å². The molecule has 1 aromatic carbocycles. The van der Waals surface area contributed by atoms with Gasteiger partial charge in [0.1, 0.15) is 30.1 Å². The lowest BCUT2D eigenvalue weighted by Gasteiger charge is -2.25. The van der Waals surface area contributed by atoms with E-state index < -0.39 is 13.8 Å². The molecule has 0 amide bonds. The molecule has 0 bridgehead atoms. The predicted molar refractivity (Wildman–Crippen MR) is 100.0 cm³/mol. The van der Waals surface area contributed by atoms with Crippen LogP contribution in [0.25, 0.3) is 0 Å². The molecule has 4 atom stereocenters. The molecule has 0 fully saturated rings. The summed E-state index contributed by atoms with van der Waals surface area (Å²) in [5.74, 6) is 1.20. The van der Waals surface area contributed by atoms with Gasteiger partial charge in [0.2, 0.25) is 0 Å². The summed E-state index contributed by atoms with van der Waals surface area (Å²) < 4.78 is 29.0. The standard InChI is InChI=1S/C16H22N5O4P/c1-12(8-21-10-20-14-15(17)18-9-19-16(14)21)24-11-26(22,23-2)25-13-6-4-3-5-7-13/h3-7,9-10,12,14-15H,8,11,17H2,1-2H3. The SMILES string of the molecule is COP(=O)(COC(C)CN1C=NC2C1=NC=NC2N)Oc1ccccc1. The number of nitrogens with zero attached hydrogens (tertiary/aromatic N) is 4. The highest BCUT2D eigenvalue weighted by Gasteiger charge is 2.34. The molecule has 0 saturated carbocycles. The Bertz CT molecular complexity index is 754. The van der Waals surface area contributed by atoms with Gasteiger partial charge in [0.05, 0.1) is 19.0 Å². The molecule has 0 radical (unpaired) electrons. The van der Waals surface area contributed by atoms with Gasteiger partial charge in [0.15, 0.2) is 6.35 Å². The van der Waals surface area contributed by atoms with Crippen molar-refractivity contribution >= 4 is 26.1 Å². The number of hydrogen-bond donors (Lipinski definition) is 1. The summed E-state index contributed by atoms with van der Waals surface area (Å²) in [5.41, 5.74) is 5.90. The molecule has 0 aromatic heterocycles. The Labute approximate surface area is 152 Å². The van der Waals surface area contributed by atoms with Gasteiger partial charge >= 0.3 is 7.60 Å². The first-order chi connectivity index (χ1) is 12.5. The van der Waals surface area contributed by atoms with Crippen LogP contribution in [0.15, 0.2) is 45.3 Å². The Morgan fingerprint density at radius 2 is 2.08 bits per heavy atom. The highest BCUT2D eigenvalue weighted by Crippen LogP contribution is 2.47. The second kappa shape index (κ2) is 8.09. The molecule has 9 nitrogen and oxygen atoms in total. The fraction of sp³-hybridized carbons (Fsp3) is 0.438. The van der Waals surface area contributed by atoms with Crippen LogP contribution in [-0.2, 0) is 13.8 Å². The van der Waals surface area contributed by atoms with Crippen LogP contribution < -0.4 is 10.3 Å². The zero-order chi connectivity index (χ0) is 18.6. The van der Waals surface area contributed by atoms with Gasteiger partial charge in [-0.05, 0) is 19.1 Å². The molecule has 2 aliphatic rings. The molecule has 0 saturated heterocycles. The minimum Gasteiger partial charge on any atom is -0.423 e. The zero-order valence-corrected chi connectivity index (χ0v) is 15.5. The van der Waals surface area contributed by atoms with Gasteiger partial charge < -0.3 is 24.4 Å². The van der Waals surface area contributed by atoms with Crippen LogP contribution >= 0.6 is 7.60 Å². The van der Waals surface area contributed by atoms with Crippen molar-refractivity contribution in [1.82, 2.24) is 4.90 Å². The van der Waals surface area contributed by atoms with Gasteiger partial charge in [0.25, 0.3) is 0 Å². The fourth-order valence-corrected chi connectivity index (χ4v) is 3.65. The van der Waals surface area contributed by atoms with Crippen LogP contribution in [0.1, 0.15) is 6.92 Å². The molecular formula is C16H22N5O4P. The Morgan fingerprint density at radius 3 is 2.81 bits per heavy atom. The van der Waals surface area contributed by atoms with Crippen molar-refractivity contribution in [1.29, 1.82) is 0 Å². The van der Waals surface area contributed by atoms with Crippen molar-refractivity contribution in [3.05, 3.63) is 30.3 Å². The van der Waals surface area contributed by atoms with Gasteiger partial charge in [-0.25, -0.2) is 9.56 Å². The van der Waals surface area contributed by atoms with Crippen molar-refractivity contribution < 1.29 is 18.3 Å². The summed E-state index contributed by atoms with van der Waals surface area (Å²) >= 11 is 0. The minimum absolute atomic E-state index is 0.165. The Balaban J connectivity index is 1.54. The van der Waals surface area contributed by atoms with Crippen LogP contribution in [0, 0.1) is 0 Å². The molecule has 4 unspecified atom stereocenters. The molecule has 2 heterocycles. The number of nitrogens with two attached hydrogens (primary N) is 1. The molecule has 2 N–H and O–H groups in total. The van der Waals surface area contributed by atoms with Crippen LogP contribution in [-0.4, -0.2) is 61.7 Å². The van der Waals surface area contributed by atoms with E-state index in [1.54, 1.807) is 30.6 Å². The van der Waals surface area contributed by atoms with Gasteiger partial charge in [-0.15, -0.1) is 0 Å². The number of benzene rings is 1. The number of amidine groups is 1. The number of para-hydroxylation sites is 1. The van der Waals surface area contributed by atoms with E-state index in [9.17, 15) is 4.57 Å². The largest absolute Gasteiger partial charge is 0.423 e. The number of hydrogen-bond acceptors (Lipinski definition) is 9. The second-order valence-electron chi connectivity index (χ2n) is 5.91. The molecule has 10 heteroatoms. The summed E-state index contributed by atoms with van der Waals surface area (Å²) in [4.78, 5) is 14.5. The fourth-order valence-electron chi connectivity index (χ4n) is 2.54. The summed E-state index contributed by atoms with van der Waals surface area (Å²) in [6, 6.07) is 8.59.